The van der Waals surface area contributed by atoms with Crippen LogP contribution in [-0.2, 0) is 4.79 Å². The molecule has 0 saturated heterocycles. The minimum Gasteiger partial charge on any atom is -0.344 e. The summed E-state index contributed by atoms with van der Waals surface area (Å²) in [4.78, 5) is 34.0. The number of para-hydroxylation sites is 2. The molecule has 0 aliphatic heterocycles. The van der Waals surface area contributed by atoms with Crippen LogP contribution in [0.1, 0.15) is 56.3 Å². The lowest BCUT2D eigenvalue weighted by Gasteiger charge is -2.27. The lowest BCUT2D eigenvalue weighted by molar-refractivity contribution is -0.125. The van der Waals surface area contributed by atoms with Crippen LogP contribution < -0.4 is 10.6 Å². The average Bonchev–Trinajstić information content (AvgIpc) is 3.18. The smallest absolute Gasteiger partial charge is 0.253 e. The Morgan fingerprint density at radius 1 is 1.03 bits per heavy atom. The molecule has 3 unspecified atom stereocenters. The zero-order valence-corrected chi connectivity index (χ0v) is 19.0. The number of hydrogen-bond acceptors (Lipinski definition) is 3. The predicted molar refractivity (Wildman–Crippen MR) is 124 cm³/mol. The maximum atomic E-state index is 13.3. The molecule has 0 fully saturated rings. The average molecular weight is 441 g/mol. The van der Waals surface area contributed by atoms with Gasteiger partial charge < -0.3 is 15.6 Å². The van der Waals surface area contributed by atoms with E-state index in [0.29, 0.717) is 16.4 Å². The fourth-order valence-electron chi connectivity index (χ4n) is 3.48. The number of H-pyrrole nitrogens is 1. The first-order valence-electron chi connectivity index (χ1n) is 10.6. The molecule has 0 saturated carbocycles. The van der Waals surface area contributed by atoms with E-state index in [4.69, 9.17) is 11.6 Å². The van der Waals surface area contributed by atoms with Gasteiger partial charge in [0.15, 0.2) is 0 Å². The lowest BCUT2D eigenvalue weighted by atomic mass is 9.96. The molecule has 1 heterocycles. The standard InChI is InChI=1S/C24H29ClN4O2/c1-5-15(4)21(22-26-18-12-8-9-13-19(18)27-22)29-24(31)20(14(2)3)28-23(30)16-10-6-7-11-17(16)25/h6-15,20-21H,5H2,1-4H3,(H,26,27)(H,28,30)(H,29,31). The number of benzene rings is 2. The summed E-state index contributed by atoms with van der Waals surface area (Å²) in [6.45, 7) is 7.95. The highest BCUT2D eigenvalue weighted by Gasteiger charge is 2.30. The number of nitrogens with zero attached hydrogens (tertiary/aromatic N) is 1. The molecule has 2 aromatic carbocycles. The fourth-order valence-corrected chi connectivity index (χ4v) is 3.70. The summed E-state index contributed by atoms with van der Waals surface area (Å²) in [7, 11) is 0. The second-order valence-electron chi connectivity index (χ2n) is 8.19. The van der Waals surface area contributed by atoms with Gasteiger partial charge in [-0.05, 0) is 36.1 Å². The van der Waals surface area contributed by atoms with Gasteiger partial charge in [-0.2, -0.15) is 0 Å². The molecule has 0 aliphatic carbocycles. The Labute approximate surface area is 187 Å². The molecule has 3 atom stereocenters. The van der Waals surface area contributed by atoms with E-state index in [1.807, 2.05) is 38.1 Å². The third-order valence-electron chi connectivity index (χ3n) is 5.57. The van der Waals surface area contributed by atoms with Crippen LogP contribution in [0.3, 0.4) is 0 Å². The molecule has 0 spiro atoms. The molecule has 3 aromatic rings. The number of imidazole rings is 1. The number of carbonyl (C=O) groups is 2. The highest BCUT2D eigenvalue weighted by molar-refractivity contribution is 6.33. The van der Waals surface area contributed by atoms with E-state index in [1.54, 1.807) is 24.3 Å². The van der Waals surface area contributed by atoms with Crippen LogP contribution >= 0.6 is 11.6 Å². The van der Waals surface area contributed by atoms with Crippen molar-refractivity contribution in [3.63, 3.8) is 0 Å². The Morgan fingerprint density at radius 2 is 1.71 bits per heavy atom. The molecular weight excluding hydrogens is 412 g/mol. The summed E-state index contributed by atoms with van der Waals surface area (Å²) < 4.78 is 0. The van der Waals surface area contributed by atoms with E-state index < -0.39 is 6.04 Å². The second kappa shape index (κ2) is 9.96. The second-order valence-corrected chi connectivity index (χ2v) is 8.59. The monoisotopic (exact) mass is 440 g/mol. The largest absolute Gasteiger partial charge is 0.344 e. The number of halogens is 1. The number of aromatic nitrogens is 2. The van der Waals surface area contributed by atoms with Crippen molar-refractivity contribution in [3.05, 3.63) is 64.9 Å². The molecule has 1 aromatic heterocycles. The molecule has 7 heteroatoms. The number of carbonyl (C=O) groups excluding carboxylic acids is 2. The first-order valence-corrected chi connectivity index (χ1v) is 11.0. The number of aromatic amines is 1. The minimum atomic E-state index is -0.709. The predicted octanol–water partition coefficient (Wildman–Crippen LogP) is 4.87. The van der Waals surface area contributed by atoms with E-state index in [0.717, 1.165) is 17.5 Å². The van der Waals surface area contributed by atoms with Gasteiger partial charge in [-0.1, -0.05) is 70.0 Å². The number of fused-ring (bicyclic) bond motifs is 1. The maximum Gasteiger partial charge on any atom is 0.253 e. The van der Waals surface area contributed by atoms with Gasteiger partial charge in [0, 0.05) is 0 Å². The minimum absolute atomic E-state index is 0.111. The Balaban J connectivity index is 1.82. The number of hydrogen-bond donors (Lipinski definition) is 3. The van der Waals surface area contributed by atoms with Crippen LogP contribution in [0.4, 0.5) is 0 Å². The molecule has 6 nitrogen and oxygen atoms in total. The van der Waals surface area contributed by atoms with Crippen molar-refractivity contribution in [2.24, 2.45) is 11.8 Å². The van der Waals surface area contributed by atoms with E-state index in [-0.39, 0.29) is 29.7 Å². The molecule has 0 bridgehead atoms. The molecule has 2 amide bonds. The normalized spacial score (nSPS) is 14.3. The van der Waals surface area contributed by atoms with Gasteiger partial charge >= 0.3 is 0 Å². The van der Waals surface area contributed by atoms with Gasteiger partial charge in [-0.15, -0.1) is 0 Å². The van der Waals surface area contributed by atoms with Crippen molar-refractivity contribution in [1.82, 2.24) is 20.6 Å². The lowest BCUT2D eigenvalue weighted by Crippen LogP contribution is -2.51. The van der Waals surface area contributed by atoms with Crippen LogP contribution in [0.15, 0.2) is 48.5 Å². The van der Waals surface area contributed by atoms with Crippen molar-refractivity contribution in [2.45, 2.75) is 46.2 Å². The van der Waals surface area contributed by atoms with E-state index in [2.05, 4.69) is 34.4 Å². The summed E-state index contributed by atoms with van der Waals surface area (Å²) in [5.74, 6) is 0.129. The summed E-state index contributed by atoms with van der Waals surface area (Å²) in [6.07, 6.45) is 0.861. The van der Waals surface area contributed by atoms with Crippen molar-refractivity contribution in [2.75, 3.05) is 0 Å². The van der Waals surface area contributed by atoms with Crippen molar-refractivity contribution in [3.8, 4) is 0 Å². The fraction of sp³-hybridized carbons (Fsp3) is 0.375. The highest BCUT2D eigenvalue weighted by atomic mass is 35.5. The zero-order valence-electron chi connectivity index (χ0n) is 18.3. The van der Waals surface area contributed by atoms with Crippen LogP contribution in [0.25, 0.3) is 11.0 Å². The highest BCUT2D eigenvalue weighted by Crippen LogP contribution is 2.25. The molecule has 164 valence electrons. The maximum absolute atomic E-state index is 13.3. The summed E-state index contributed by atoms with van der Waals surface area (Å²) in [6, 6.07) is 13.6. The van der Waals surface area contributed by atoms with Gasteiger partial charge in [0.2, 0.25) is 5.91 Å². The van der Waals surface area contributed by atoms with Crippen LogP contribution in [-0.4, -0.2) is 27.8 Å². The van der Waals surface area contributed by atoms with Gasteiger partial charge in [-0.25, -0.2) is 4.98 Å². The van der Waals surface area contributed by atoms with Gasteiger partial charge in [0.1, 0.15) is 11.9 Å². The summed E-state index contributed by atoms with van der Waals surface area (Å²) in [5, 5.41) is 6.31. The number of rotatable bonds is 8. The summed E-state index contributed by atoms with van der Waals surface area (Å²) >= 11 is 6.15. The number of amides is 2. The van der Waals surface area contributed by atoms with Crippen molar-refractivity contribution >= 4 is 34.4 Å². The van der Waals surface area contributed by atoms with E-state index in [9.17, 15) is 9.59 Å². The van der Waals surface area contributed by atoms with Crippen LogP contribution in [0, 0.1) is 11.8 Å². The third-order valence-corrected chi connectivity index (χ3v) is 5.90. The SMILES string of the molecule is CCC(C)C(NC(=O)C(NC(=O)c1ccccc1Cl)C(C)C)c1nc2ccccc2[nH]1. The van der Waals surface area contributed by atoms with E-state index in [1.165, 1.54) is 0 Å². The topological polar surface area (TPSA) is 86.9 Å². The van der Waals surface area contributed by atoms with Gasteiger partial charge in [-0.3, -0.25) is 9.59 Å². The Bertz CT molecular complexity index is 1030. The molecule has 31 heavy (non-hydrogen) atoms. The van der Waals surface area contributed by atoms with Crippen LogP contribution in [0.5, 0.6) is 0 Å². The van der Waals surface area contributed by atoms with Crippen molar-refractivity contribution < 1.29 is 9.59 Å². The molecule has 3 rings (SSSR count). The van der Waals surface area contributed by atoms with Gasteiger partial charge in [0.05, 0.1) is 27.7 Å². The molecular formula is C24H29ClN4O2. The summed E-state index contributed by atoms with van der Waals surface area (Å²) in [5.41, 5.74) is 2.12. The molecule has 0 aliphatic rings. The van der Waals surface area contributed by atoms with Gasteiger partial charge in [0.25, 0.3) is 5.91 Å². The molecule has 0 radical (unpaired) electrons. The molecule has 3 N–H and O–H groups in total. The quantitative estimate of drug-likeness (QED) is 0.466. The Morgan fingerprint density at radius 3 is 2.35 bits per heavy atom. The van der Waals surface area contributed by atoms with Crippen LogP contribution in [0.2, 0.25) is 5.02 Å². The first kappa shape index (κ1) is 22.8. The Kier molecular flexibility index (Phi) is 7.33. The third kappa shape index (κ3) is 5.25. The van der Waals surface area contributed by atoms with Crippen molar-refractivity contribution in [1.29, 1.82) is 0 Å². The first-order chi connectivity index (χ1) is 14.8. The number of nitrogens with one attached hydrogen (secondary N) is 3. The zero-order chi connectivity index (χ0) is 22.5. The Hall–Kier alpha value is -2.86. The van der Waals surface area contributed by atoms with E-state index >= 15 is 0 Å².